The zero-order valence-corrected chi connectivity index (χ0v) is 17.0. The quantitative estimate of drug-likeness (QED) is 0.551. The summed E-state index contributed by atoms with van der Waals surface area (Å²) in [6.07, 6.45) is -2.99. The molecule has 0 fully saturated rings. The maximum absolute atomic E-state index is 13.2. The number of sulfonamides is 1. The molecule has 0 atom stereocenters. The van der Waals surface area contributed by atoms with Crippen LogP contribution in [0.15, 0.2) is 53.0 Å². The second kappa shape index (κ2) is 8.07. The lowest BCUT2D eigenvalue weighted by Gasteiger charge is -2.16. The normalized spacial score (nSPS) is 12.0. The number of aryl methyl sites for hydroxylation is 1. The molecule has 0 unspecified atom stereocenters. The van der Waals surface area contributed by atoms with Gasteiger partial charge in [-0.05, 0) is 36.2 Å². The summed E-state index contributed by atoms with van der Waals surface area (Å²) >= 11 is 1.13. The van der Waals surface area contributed by atoms with Crippen molar-refractivity contribution in [2.45, 2.75) is 24.4 Å². The molecular weight excluding hydrogens is 441 g/mol. The van der Waals surface area contributed by atoms with E-state index in [1.165, 1.54) is 29.9 Å². The van der Waals surface area contributed by atoms with Crippen LogP contribution >= 0.6 is 11.3 Å². The van der Waals surface area contributed by atoms with Gasteiger partial charge in [-0.2, -0.15) is 13.2 Å². The second-order valence-corrected chi connectivity index (χ2v) is 8.75. The lowest BCUT2D eigenvalue weighted by molar-refractivity contribution is -0.137. The molecule has 0 spiro atoms. The molecule has 3 rings (SSSR count). The molecule has 0 bridgehead atoms. The summed E-state index contributed by atoms with van der Waals surface area (Å²) in [6, 6.07) is 6.36. The first-order valence-corrected chi connectivity index (χ1v) is 10.9. The monoisotopic (exact) mass is 456 g/mol. The number of alkyl halides is 3. The van der Waals surface area contributed by atoms with Crippen LogP contribution in [0.5, 0.6) is 0 Å². The van der Waals surface area contributed by atoms with Crippen molar-refractivity contribution in [3.8, 4) is 10.4 Å². The zero-order chi connectivity index (χ0) is 22.1. The predicted octanol–water partition coefficient (Wildman–Crippen LogP) is 4.89. The molecule has 0 radical (unpaired) electrons. The topological polar surface area (TPSA) is 96.4 Å². The number of halogens is 3. The fourth-order valence-corrected chi connectivity index (χ4v) is 4.87. The standard InChI is InChI=1S/C19H15F3N2O4S2/c1-2-11-3-4-12(18(25)26)7-17(11)30(27,28)24-15-8-13(19(20,21)22)5-6-14(15)16-9-23-10-29-16/h3-10,24H,2H2,1H3,(H,25,26). The van der Waals surface area contributed by atoms with Crippen LogP contribution in [0, 0.1) is 0 Å². The van der Waals surface area contributed by atoms with E-state index in [-0.39, 0.29) is 28.1 Å². The number of aromatic nitrogens is 1. The van der Waals surface area contributed by atoms with Gasteiger partial charge in [-0.15, -0.1) is 11.3 Å². The summed E-state index contributed by atoms with van der Waals surface area (Å²) < 4.78 is 67.9. The highest BCUT2D eigenvalue weighted by Gasteiger charge is 2.32. The van der Waals surface area contributed by atoms with Crippen molar-refractivity contribution in [1.29, 1.82) is 0 Å². The maximum Gasteiger partial charge on any atom is 0.416 e. The molecule has 0 amide bonds. The lowest BCUT2D eigenvalue weighted by atomic mass is 10.1. The molecule has 6 nitrogen and oxygen atoms in total. The Labute approximate surface area is 174 Å². The molecule has 0 aliphatic heterocycles. The van der Waals surface area contributed by atoms with E-state index in [1.54, 1.807) is 6.92 Å². The first-order valence-electron chi connectivity index (χ1n) is 8.52. The molecule has 0 aliphatic rings. The van der Waals surface area contributed by atoms with Crippen molar-refractivity contribution in [2.75, 3.05) is 4.72 Å². The van der Waals surface area contributed by atoms with E-state index in [1.807, 2.05) is 0 Å². The summed E-state index contributed by atoms with van der Waals surface area (Å²) in [6.45, 7) is 1.68. The summed E-state index contributed by atoms with van der Waals surface area (Å²) in [5.41, 5.74) is 0.469. The molecule has 1 heterocycles. The smallest absolute Gasteiger partial charge is 0.416 e. The number of hydrogen-bond acceptors (Lipinski definition) is 5. The fraction of sp³-hybridized carbons (Fsp3) is 0.158. The number of hydrogen-bond donors (Lipinski definition) is 2. The van der Waals surface area contributed by atoms with E-state index in [2.05, 4.69) is 9.71 Å². The Balaban J connectivity index is 2.15. The van der Waals surface area contributed by atoms with Gasteiger partial charge in [0.25, 0.3) is 10.0 Å². The van der Waals surface area contributed by atoms with E-state index in [4.69, 9.17) is 0 Å². The number of benzene rings is 2. The van der Waals surface area contributed by atoms with Gasteiger partial charge in [0.05, 0.1) is 32.1 Å². The van der Waals surface area contributed by atoms with E-state index < -0.39 is 27.7 Å². The summed E-state index contributed by atoms with van der Waals surface area (Å²) in [5.74, 6) is -1.32. The first kappa shape index (κ1) is 21.8. The third kappa shape index (κ3) is 4.46. The molecule has 0 aliphatic carbocycles. The Bertz CT molecular complexity index is 1190. The van der Waals surface area contributed by atoms with E-state index >= 15 is 0 Å². The molecule has 1 aromatic heterocycles. The number of rotatable bonds is 6. The van der Waals surface area contributed by atoms with E-state index in [0.717, 1.165) is 23.5 Å². The molecular formula is C19H15F3N2O4S2. The molecule has 2 aromatic carbocycles. The first-order chi connectivity index (χ1) is 14.0. The van der Waals surface area contributed by atoms with Gasteiger partial charge in [-0.1, -0.05) is 19.1 Å². The Kier molecular flexibility index (Phi) is 5.86. The van der Waals surface area contributed by atoms with Crippen LogP contribution in [0.2, 0.25) is 0 Å². The highest BCUT2D eigenvalue weighted by atomic mass is 32.2. The van der Waals surface area contributed by atoms with Crippen LogP contribution < -0.4 is 4.72 Å². The minimum Gasteiger partial charge on any atom is -0.478 e. The molecule has 3 aromatic rings. The minimum absolute atomic E-state index is 0.224. The van der Waals surface area contributed by atoms with E-state index in [9.17, 15) is 31.5 Å². The van der Waals surface area contributed by atoms with Crippen LogP contribution in [0.25, 0.3) is 10.4 Å². The summed E-state index contributed by atoms with van der Waals surface area (Å²) in [5, 5.41) is 9.18. The summed E-state index contributed by atoms with van der Waals surface area (Å²) in [7, 11) is -4.38. The molecule has 0 saturated carbocycles. The number of nitrogens with one attached hydrogen (secondary N) is 1. The highest BCUT2D eigenvalue weighted by molar-refractivity contribution is 7.92. The number of anilines is 1. The van der Waals surface area contributed by atoms with Gasteiger partial charge in [-0.3, -0.25) is 9.71 Å². The largest absolute Gasteiger partial charge is 0.478 e. The second-order valence-electron chi connectivity index (χ2n) is 6.21. The predicted molar refractivity (Wildman–Crippen MR) is 106 cm³/mol. The zero-order valence-electron chi connectivity index (χ0n) is 15.4. The molecule has 30 heavy (non-hydrogen) atoms. The van der Waals surface area contributed by atoms with Crippen molar-refractivity contribution in [3.05, 3.63) is 64.8 Å². The molecule has 158 valence electrons. The van der Waals surface area contributed by atoms with Gasteiger partial charge in [-0.25, -0.2) is 13.2 Å². The highest BCUT2D eigenvalue weighted by Crippen LogP contribution is 2.38. The lowest BCUT2D eigenvalue weighted by Crippen LogP contribution is -2.17. The van der Waals surface area contributed by atoms with Crippen molar-refractivity contribution < 1.29 is 31.5 Å². The molecule has 11 heteroatoms. The molecule has 0 saturated heterocycles. The van der Waals surface area contributed by atoms with Crippen molar-refractivity contribution in [1.82, 2.24) is 4.98 Å². The third-order valence-electron chi connectivity index (χ3n) is 4.27. The van der Waals surface area contributed by atoms with Crippen LogP contribution in [-0.2, 0) is 22.6 Å². The van der Waals surface area contributed by atoms with Gasteiger partial charge in [0.1, 0.15) is 0 Å². The van der Waals surface area contributed by atoms with Crippen LogP contribution in [0.1, 0.15) is 28.4 Å². The van der Waals surface area contributed by atoms with Crippen molar-refractivity contribution in [3.63, 3.8) is 0 Å². The number of thiazole rings is 1. The van der Waals surface area contributed by atoms with Gasteiger partial charge in [0.15, 0.2) is 0 Å². The van der Waals surface area contributed by atoms with Gasteiger partial charge < -0.3 is 5.11 Å². The van der Waals surface area contributed by atoms with Gasteiger partial charge in [0.2, 0.25) is 0 Å². The SMILES string of the molecule is CCc1ccc(C(=O)O)cc1S(=O)(=O)Nc1cc(C(F)(F)F)ccc1-c1cncs1. The number of carboxylic acid groups (broad SMARTS) is 1. The van der Waals surface area contributed by atoms with Crippen molar-refractivity contribution >= 4 is 33.0 Å². The van der Waals surface area contributed by atoms with Crippen LogP contribution in [-0.4, -0.2) is 24.5 Å². The Morgan fingerprint density at radius 3 is 2.50 bits per heavy atom. The number of carbonyl (C=O) groups is 1. The number of nitrogens with zero attached hydrogens (tertiary/aromatic N) is 1. The average molecular weight is 456 g/mol. The summed E-state index contributed by atoms with van der Waals surface area (Å²) in [4.78, 5) is 15.3. The minimum atomic E-state index is -4.68. The van der Waals surface area contributed by atoms with Crippen molar-refractivity contribution in [2.24, 2.45) is 0 Å². The van der Waals surface area contributed by atoms with Crippen LogP contribution in [0.3, 0.4) is 0 Å². The Hall–Kier alpha value is -2.92. The van der Waals surface area contributed by atoms with Crippen LogP contribution in [0.4, 0.5) is 18.9 Å². The van der Waals surface area contributed by atoms with E-state index in [0.29, 0.717) is 16.5 Å². The van der Waals surface area contributed by atoms with Gasteiger partial charge in [0, 0.05) is 11.8 Å². The maximum atomic E-state index is 13.2. The van der Waals surface area contributed by atoms with Gasteiger partial charge >= 0.3 is 12.1 Å². The average Bonchev–Trinajstić information content (AvgIpc) is 3.20. The molecule has 2 N–H and O–H groups in total. The Morgan fingerprint density at radius 2 is 1.93 bits per heavy atom. The number of carboxylic acids is 1. The number of aromatic carboxylic acids is 1. The Morgan fingerprint density at radius 1 is 1.20 bits per heavy atom. The fourth-order valence-electron chi connectivity index (χ4n) is 2.80. The third-order valence-corrected chi connectivity index (χ3v) is 6.53.